The van der Waals surface area contributed by atoms with Gasteiger partial charge >= 0.3 is 0 Å². The van der Waals surface area contributed by atoms with Gasteiger partial charge < -0.3 is 4.90 Å². The smallest absolute Gasteiger partial charge is 0.0645 e. The van der Waals surface area contributed by atoms with Crippen molar-refractivity contribution in [2.24, 2.45) is 0 Å². The van der Waals surface area contributed by atoms with Crippen LogP contribution < -0.4 is 4.90 Å². The Labute approximate surface area is 333 Å². The van der Waals surface area contributed by atoms with Gasteiger partial charge in [-0.15, -0.1) is 0 Å². The molecule has 1 nitrogen and oxygen atoms in total. The Kier molecular flexibility index (Phi) is 6.33. The Morgan fingerprint density at radius 1 is 0.291 bits per heavy atom. The van der Waals surface area contributed by atoms with Crippen LogP contribution in [0.25, 0.3) is 76.8 Å². The van der Waals surface area contributed by atoms with Gasteiger partial charge in [0.25, 0.3) is 0 Å². The summed E-state index contributed by atoms with van der Waals surface area (Å²) in [5.74, 6) is 0. The molecule has 0 aliphatic rings. The van der Waals surface area contributed by atoms with Crippen molar-refractivity contribution >= 4 is 49.4 Å². The molecule has 10 rings (SSSR count). The van der Waals surface area contributed by atoms with Crippen molar-refractivity contribution in [2.45, 2.75) is 0 Å². The fourth-order valence-electron chi connectivity index (χ4n) is 7.57. The maximum atomic E-state index is 9.69. The van der Waals surface area contributed by atoms with Gasteiger partial charge in [0.2, 0.25) is 0 Å². The first-order chi connectivity index (χ1) is 30.6. The van der Waals surface area contributed by atoms with E-state index >= 15 is 0 Å². The summed E-state index contributed by atoms with van der Waals surface area (Å²) in [4.78, 5) is 1.36. The standard InChI is InChI=1S/C54H37N/c1-3-13-38(14-4-1)39-23-30-45(31-24-39)55(46-32-25-42(26-33-46)53-37-44-18-8-9-19-48(44)51-21-11-12-22-52(51)53)47-34-27-43(28-35-47)54-49-20-10-7-17-41(49)29-36-50(54)40-15-5-2-6-16-40/h1-37H/i23D,24D,25D,26D,30D,31D,32D,33D. The van der Waals surface area contributed by atoms with Gasteiger partial charge in [0.05, 0.1) is 11.0 Å². The highest BCUT2D eigenvalue weighted by Crippen LogP contribution is 2.42. The van der Waals surface area contributed by atoms with Gasteiger partial charge in [0.15, 0.2) is 0 Å². The van der Waals surface area contributed by atoms with E-state index in [0.717, 1.165) is 54.6 Å². The molecule has 10 aromatic rings. The van der Waals surface area contributed by atoms with Crippen molar-refractivity contribution in [1.29, 1.82) is 0 Å². The Morgan fingerprint density at radius 2 is 0.818 bits per heavy atom. The van der Waals surface area contributed by atoms with Crippen LogP contribution in [-0.4, -0.2) is 0 Å². The number of anilines is 3. The summed E-state index contributed by atoms with van der Waals surface area (Å²) < 4.78 is 76.0. The lowest BCUT2D eigenvalue weighted by Crippen LogP contribution is -2.09. The maximum Gasteiger partial charge on any atom is 0.0645 e. The quantitative estimate of drug-likeness (QED) is 0.149. The summed E-state index contributed by atoms with van der Waals surface area (Å²) in [6.07, 6.45) is 0. The van der Waals surface area contributed by atoms with E-state index in [-0.39, 0.29) is 58.8 Å². The zero-order valence-corrected chi connectivity index (χ0v) is 29.7. The summed E-state index contributed by atoms with van der Waals surface area (Å²) in [6, 6.07) is 53.4. The minimum absolute atomic E-state index is 0.118. The number of fused-ring (bicyclic) bond motifs is 4. The first kappa shape index (κ1) is 24.9. The van der Waals surface area contributed by atoms with Crippen LogP contribution in [-0.2, 0) is 0 Å². The fourth-order valence-corrected chi connectivity index (χ4v) is 7.57. The van der Waals surface area contributed by atoms with Crippen LogP contribution in [0.1, 0.15) is 11.0 Å². The Hall–Kier alpha value is -7.22. The molecule has 0 aromatic heterocycles. The number of nitrogens with zero attached hydrogens (tertiary/aromatic N) is 1. The van der Waals surface area contributed by atoms with Crippen molar-refractivity contribution in [3.8, 4) is 44.5 Å². The molecule has 0 fully saturated rings. The third-order valence-corrected chi connectivity index (χ3v) is 10.2. The molecular weight excluding hydrogens is 663 g/mol. The highest BCUT2D eigenvalue weighted by molar-refractivity contribution is 6.14. The molecule has 0 heterocycles. The normalized spacial score (nSPS) is 13.3. The van der Waals surface area contributed by atoms with Crippen LogP contribution in [0, 0.1) is 0 Å². The van der Waals surface area contributed by atoms with Crippen LogP contribution in [0.5, 0.6) is 0 Å². The molecule has 1 heteroatoms. The minimum Gasteiger partial charge on any atom is -0.311 e. The summed E-state index contributed by atoms with van der Waals surface area (Å²) in [5, 5.41) is 5.67. The lowest BCUT2D eigenvalue weighted by molar-refractivity contribution is 1.28. The second kappa shape index (κ2) is 14.0. The lowest BCUT2D eigenvalue weighted by atomic mass is 9.89. The molecule has 0 amide bonds. The van der Waals surface area contributed by atoms with Crippen molar-refractivity contribution in [1.82, 2.24) is 0 Å². The summed E-state index contributed by atoms with van der Waals surface area (Å²) in [5.41, 5.74) is 5.14. The van der Waals surface area contributed by atoms with Crippen molar-refractivity contribution in [3.63, 3.8) is 0 Å². The van der Waals surface area contributed by atoms with E-state index in [1.54, 1.807) is 36.4 Å². The molecule has 0 aliphatic carbocycles. The number of rotatable bonds is 7. The van der Waals surface area contributed by atoms with E-state index < -0.39 is 12.1 Å². The van der Waals surface area contributed by atoms with E-state index in [1.165, 1.54) is 4.90 Å². The molecule has 0 saturated carbocycles. The summed E-state index contributed by atoms with van der Waals surface area (Å²) in [6.45, 7) is 0. The van der Waals surface area contributed by atoms with E-state index in [0.29, 0.717) is 16.8 Å². The Morgan fingerprint density at radius 3 is 1.49 bits per heavy atom. The molecule has 0 atom stereocenters. The van der Waals surface area contributed by atoms with Crippen LogP contribution in [0.4, 0.5) is 17.1 Å². The summed E-state index contributed by atoms with van der Waals surface area (Å²) in [7, 11) is 0. The average Bonchev–Trinajstić information content (AvgIpc) is 3.33. The second-order valence-corrected chi connectivity index (χ2v) is 13.5. The third kappa shape index (κ3) is 6.02. The molecule has 0 N–H and O–H groups in total. The molecule has 0 spiro atoms. The zero-order valence-electron chi connectivity index (χ0n) is 37.7. The predicted octanol–water partition coefficient (Wildman–Crippen LogP) is 15.3. The molecule has 55 heavy (non-hydrogen) atoms. The monoisotopic (exact) mass is 707 g/mol. The molecule has 10 aromatic carbocycles. The van der Waals surface area contributed by atoms with E-state index in [2.05, 4.69) is 36.4 Å². The summed E-state index contributed by atoms with van der Waals surface area (Å²) >= 11 is 0. The highest BCUT2D eigenvalue weighted by atomic mass is 15.1. The van der Waals surface area contributed by atoms with Gasteiger partial charge in [-0.3, -0.25) is 0 Å². The number of hydrogen-bond acceptors (Lipinski definition) is 1. The maximum absolute atomic E-state index is 9.69. The second-order valence-electron chi connectivity index (χ2n) is 13.5. The Bertz CT molecular complexity index is 3370. The number of benzene rings is 10. The third-order valence-electron chi connectivity index (χ3n) is 10.2. The van der Waals surface area contributed by atoms with Crippen molar-refractivity contribution in [3.05, 3.63) is 224 Å². The van der Waals surface area contributed by atoms with E-state index in [1.807, 2.05) is 103 Å². The fraction of sp³-hybridized carbons (Fsp3) is 0. The molecule has 0 aliphatic heterocycles. The largest absolute Gasteiger partial charge is 0.311 e. The van der Waals surface area contributed by atoms with Crippen LogP contribution in [0.15, 0.2) is 224 Å². The molecule has 0 bridgehead atoms. The van der Waals surface area contributed by atoms with Gasteiger partial charge in [-0.1, -0.05) is 182 Å². The van der Waals surface area contributed by atoms with Gasteiger partial charge in [-0.2, -0.15) is 0 Å². The van der Waals surface area contributed by atoms with E-state index in [4.69, 9.17) is 0 Å². The van der Waals surface area contributed by atoms with Gasteiger partial charge in [-0.25, -0.2) is 0 Å². The lowest BCUT2D eigenvalue weighted by Gasteiger charge is -2.26. The first-order valence-corrected chi connectivity index (χ1v) is 18.3. The minimum atomic E-state index is -0.392. The van der Waals surface area contributed by atoms with Crippen LogP contribution >= 0.6 is 0 Å². The molecule has 258 valence electrons. The van der Waals surface area contributed by atoms with Gasteiger partial charge in [0, 0.05) is 17.1 Å². The van der Waals surface area contributed by atoms with Crippen molar-refractivity contribution in [2.75, 3.05) is 4.90 Å². The van der Waals surface area contributed by atoms with Crippen LogP contribution in [0.2, 0.25) is 0 Å². The van der Waals surface area contributed by atoms with E-state index in [9.17, 15) is 11.0 Å². The molecular formula is C54H37N. The highest BCUT2D eigenvalue weighted by Gasteiger charge is 2.17. The molecule has 0 radical (unpaired) electrons. The molecule has 0 unspecified atom stereocenters. The van der Waals surface area contributed by atoms with Gasteiger partial charge in [-0.05, 0) is 119 Å². The SMILES string of the molecule is [2H]c1c([2H])c(N(c2ccc(-c3c(-c4ccccc4)ccc4ccccc34)cc2)c2c([2H])c([2H])c(-c3cc4ccccc4c4ccccc34)c([2H])c2[2H])c([2H])c([2H])c1-c1ccccc1. The first-order valence-electron chi connectivity index (χ1n) is 22.3. The predicted molar refractivity (Wildman–Crippen MR) is 235 cm³/mol. The number of hydrogen-bond donors (Lipinski definition) is 0. The molecule has 0 saturated heterocycles. The Balaban J connectivity index is 1.23. The van der Waals surface area contributed by atoms with Crippen molar-refractivity contribution < 1.29 is 11.0 Å². The topological polar surface area (TPSA) is 3.24 Å². The van der Waals surface area contributed by atoms with Gasteiger partial charge in [0.1, 0.15) is 0 Å². The average molecular weight is 708 g/mol. The zero-order chi connectivity index (χ0) is 43.5. The van der Waals surface area contributed by atoms with Crippen LogP contribution in [0.3, 0.4) is 0 Å².